The minimum atomic E-state index is 0.288. The van der Waals surface area contributed by atoms with Gasteiger partial charge < -0.3 is 5.11 Å². The van der Waals surface area contributed by atoms with Crippen LogP contribution in [0.1, 0.15) is 30.9 Å². The molecule has 0 spiro atoms. The van der Waals surface area contributed by atoms with Crippen LogP contribution in [0, 0.1) is 0 Å². The van der Waals surface area contributed by atoms with Gasteiger partial charge in [-0.25, -0.2) is 0 Å². The fourth-order valence-corrected chi connectivity index (χ4v) is 1.44. The molecule has 0 saturated heterocycles. The van der Waals surface area contributed by atoms with E-state index in [9.17, 15) is 0 Å². The number of benzene rings is 1. The summed E-state index contributed by atoms with van der Waals surface area (Å²) < 4.78 is 0. The second-order valence-corrected chi connectivity index (χ2v) is 3.39. The third kappa shape index (κ3) is 3.60. The summed E-state index contributed by atoms with van der Waals surface area (Å²) in [4.78, 5) is 0. The summed E-state index contributed by atoms with van der Waals surface area (Å²) in [5.41, 5.74) is 2.74. The van der Waals surface area contributed by atoms with Crippen LogP contribution >= 0.6 is 0 Å². The van der Waals surface area contributed by atoms with Gasteiger partial charge in [0.15, 0.2) is 0 Å². The lowest BCUT2D eigenvalue weighted by molar-refractivity contribution is 0.288. The first-order valence-corrected chi connectivity index (χ1v) is 5.05. The Bertz CT molecular complexity index is 225. The second-order valence-electron chi connectivity index (χ2n) is 3.39. The second kappa shape index (κ2) is 5.76. The summed E-state index contributed by atoms with van der Waals surface area (Å²) in [6, 6.07) is 8.72. The zero-order chi connectivity index (χ0) is 9.52. The van der Waals surface area contributed by atoms with E-state index in [1.165, 1.54) is 24.0 Å². The van der Waals surface area contributed by atoms with E-state index in [1.54, 1.807) is 0 Å². The summed E-state index contributed by atoms with van der Waals surface area (Å²) in [6.45, 7) is 2.48. The van der Waals surface area contributed by atoms with Crippen LogP contribution in [0.4, 0.5) is 0 Å². The smallest absolute Gasteiger partial charge is 0.0434 e. The SMILES string of the molecule is CCCc1ccc(CCCO)cc1. The highest BCUT2D eigenvalue weighted by Crippen LogP contribution is 2.08. The lowest BCUT2D eigenvalue weighted by Crippen LogP contribution is -1.90. The number of hydrogen-bond acceptors (Lipinski definition) is 1. The van der Waals surface area contributed by atoms with Gasteiger partial charge in [-0.1, -0.05) is 37.6 Å². The van der Waals surface area contributed by atoms with Crippen molar-refractivity contribution in [3.05, 3.63) is 35.4 Å². The van der Waals surface area contributed by atoms with Gasteiger partial charge in [0.25, 0.3) is 0 Å². The molecule has 1 aromatic rings. The molecule has 1 nitrogen and oxygen atoms in total. The summed E-state index contributed by atoms with van der Waals surface area (Å²) in [6.07, 6.45) is 4.23. The number of aryl methyl sites for hydroxylation is 2. The van der Waals surface area contributed by atoms with E-state index < -0.39 is 0 Å². The number of aliphatic hydroxyl groups excluding tert-OH is 1. The van der Waals surface area contributed by atoms with Gasteiger partial charge in [-0.15, -0.1) is 0 Å². The maximum absolute atomic E-state index is 8.67. The first-order chi connectivity index (χ1) is 6.36. The molecule has 0 aliphatic heterocycles. The molecule has 0 aromatic heterocycles. The number of hydrogen-bond donors (Lipinski definition) is 1. The highest BCUT2D eigenvalue weighted by Gasteiger charge is 1.93. The predicted molar refractivity (Wildman–Crippen MR) is 55.8 cm³/mol. The highest BCUT2D eigenvalue weighted by atomic mass is 16.2. The fraction of sp³-hybridized carbons (Fsp3) is 0.500. The van der Waals surface area contributed by atoms with Crippen LogP contribution in [0.25, 0.3) is 0 Å². The molecule has 0 saturated carbocycles. The fourth-order valence-electron chi connectivity index (χ4n) is 1.44. The number of aliphatic hydroxyl groups is 1. The highest BCUT2D eigenvalue weighted by molar-refractivity contribution is 5.22. The Morgan fingerprint density at radius 3 is 2.00 bits per heavy atom. The van der Waals surface area contributed by atoms with Crippen LogP contribution in [0.15, 0.2) is 24.3 Å². The van der Waals surface area contributed by atoms with Crippen molar-refractivity contribution in [1.82, 2.24) is 0 Å². The molecule has 0 bridgehead atoms. The Morgan fingerprint density at radius 2 is 1.54 bits per heavy atom. The van der Waals surface area contributed by atoms with E-state index in [0.29, 0.717) is 0 Å². The zero-order valence-corrected chi connectivity index (χ0v) is 8.29. The van der Waals surface area contributed by atoms with Gasteiger partial charge >= 0.3 is 0 Å². The van der Waals surface area contributed by atoms with Crippen LogP contribution in [-0.4, -0.2) is 11.7 Å². The van der Waals surface area contributed by atoms with Crippen molar-refractivity contribution in [2.45, 2.75) is 32.6 Å². The lowest BCUT2D eigenvalue weighted by Gasteiger charge is -2.01. The van der Waals surface area contributed by atoms with Crippen LogP contribution < -0.4 is 0 Å². The summed E-state index contributed by atoms with van der Waals surface area (Å²) in [5, 5.41) is 8.67. The minimum absolute atomic E-state index is 0.288. The molecule has 0 fully saturated rings. The first-order valence-electron chi connectivity index (χ1n) is 5.05. The van der Waals surface area contributed by atoms with Crippen molar-refractivity contribution < 1.29 is 5.11 Å². The largest absolute Gasteiger partial charge is 0.396 e. The third-order valence-corrected chi connectivity index (χ3v) is 2.19. The Labute approximate surface area is 80.4 Å². The van der Waals surface area contributed by atoms with E-state index >= 15 is 0 Å². The van der Waals surface area contributed by atoms with E-state index in [4.69, 9.17) is 5.11 Å². The maximum Gasteiger partial charge on any atom is 0.0434 e. The van der Waals surface area contributed by atoms with Crippen molar-refractivity contribution in [2.24, 2.45) is 0 Å². The zero-order valence-electron chi connectivity index (χ0n) is 8.29. The molecule has 1 aromatic carbocycles. The average Bonchev–Trinajstić information content (AvgIpc) is 2.17. The van der Waals surface area contributed by atoms with Gasteiger partial charge in [0, 0.05) is 6.61 Å². The molecule has 1 heteroatoms. The van der Waals surface area contributed by atoms with Crippen molar-refractivity contribution in [2.75, 3.05) is 6.61 Å². The van der Waals surface area contributed by atoms with E-state index in [1.807, 2.05) is 0 Å². The van der Waals surface area contributed by atoms with Crippen LogP contribution in [0.2, 0.25) is 0 Å². The van der Waals surface area contributed by atoms with Gasteiger partial charge in [0.2, 0.25) is 0 Å². The molecule has 0 aliphatic carbocycles. The molecule has 0 radical (unpaired) electrons. The Morgan fingerprint density at radius 1 is 1.00 bits per heavy atom. The van der Waals surface area contributed by atoms with Crippen molar-refractivity contribution in [3.63, 3.8) is 0 Å². The Kier molecular flexibility index (Phi) is 4.55. The molecule has 13 heavy (non-hydrogen) atoms. The van der Waals surface area contributed by atoms with Crippen LogP contribution in [0.3, 0.4) is 0 Å². The quantitative estimate of drug-likeness (QED) is 0.734. The summed E-state index contributed by atoms with van der Waals surface area (Å²) in [7, 11) is 0. The van der Waals surface area contributed by atoms with Gasteiger partial charge in [-0.3, -0.25) is 0 Å². The molecule has 0 unspecified atom stereocenters. The van der Waals surface area contributed by atoms with E-state index in [-0.39, 0.29) is 6.61 Å². The topological polar surface area (TPSA) is 20.2 Å². The molecule has 1 rings (SSSR count). The monoisotopic (exact) mass is 178 g/mol. The van der Waals surface area contributed by atoms with E-state index in [2.05, 4.69) is 31.2 Å². The van der Waals surface area contributed by atoms with Crippen molar-refractivity contribution in [3.8, 4) is 0 Å². The lowest BCUT2D eigenvalue weighted by atomic mass is 10.1. The third-order valence-electron chi connectivity index (χ3n) is 2.19. The molecule has 0 heterocycles. The standard InChI is InChI=1S/C12H18O/c1-2-4-11-6-8-12(9-7-11)5-3-10-13/h6-9,13H,2-5,10H2,1H3. The normalized spacial score (nSPS) is 10.3. The van der Waals surface area contributed by atoms with Gasteiger partial charge in [0.1, 0.15) is 0 Å². The van der Waals surface area contributed by atoms with Gasteiger partial charge in [-0.2, -0.15) is 0 Å². The molecule has 72 valence electrons. The van der Waals surface area contributed by atoms with Crippen LogP contribution in [0.5, 0.6) is 0 Å². The Hall–Kier alpha value is -0.820. The van der Waals surface area contributed by atoms with Crippen molar-refractivity contribution >= 4 is 0 Å². The molecule has 1 N–H and O–H groups in total. The van der Waals surface area contributed by atoms with E-state index in [0.717, 1.165) is 12.8 Å². The Balaban J connectivity index is 2.48. The van der Waals surface area contributed by atoms with Crippen molar-refractivity contribution in [1.29, 1.82) is 0 Å². The van der Waals surface area contributed by atoms with Gasteiger partial charge in [-0.05, 0) is 30.4 Å². The summed E-state index contributed by atoms with van der Waals surface area (Å²) >= 11 is 0. The van der Waals surface area contributed by atoms with Gasteiger partial charge in [0.05, 0.1) is 0 Å². The molecular formula is C12H18O. The molecule has 0 amide bonds. The molecular weight excluding hydrogens is 160 g/mol. The van der Waals surface area contributed by atoms with Crippen LogP contribution in [-0.2, 0) is 12.8 Å². The average molecular weight is 178 g/mol. The number of rotatable bonds is 5. The predicted octanol–water partition coefficient (Wildman–Crippen LogP) is 2.56. The summed E-state index contributed by atoms with van der Waals surface area (Å²) in [5.74, 6) is 0. The molecule has 0 aliphatic rings. The minimum Gasteiger partial charge on any atom is -0.396 e. The molecule has 0 atom stereocenters. The maximum atomic E-state index is 8.67. The first kappa shape index (κ1) is 10.3.